The van der Waals surface area contributed by atoms with E-state index in [1.807, 2.05) is 33.8 Å². The van der Waals surface area contributed by atoms with Crippen LogP contribution >= 0.6 is 0 Å². The Kier molecular flexibility index (Phi) is 11.0. The molecule has 6 aliphatic rings. The first-order valence-electron chi connectivity index (χ1n) is 18.7. The summed E-state index contributed by atoms with van der Waals surface area (Å²) in [7, 11) is 0. The van der Waals surface area contributed by atoms with E-state index in [1.54, 1.807) is 19.1 Å². The first-order chi connectivity index (χ1) is 23.8. The number of aliphatic hydroxyl groups is 4. The van der Waals surface area contributed by atoms with E-state index >= 15 is 0 Å². The molecule has 6 rings (SSSR count). The van der Waals surface area contributed by atoms with E-state index < -0.39 is 23.7 Å². The molecule has 0 aromatic heterocycles. The molecule has 4 fully saturated rings. The lowest BCUT2D eigenvalue weighted by molar-refractivity contribution is -0.180. The van der Waals surface area contributed by atoms with Crippen LogP contribution in [0.5, 0.6) is 0 Å². The van der Waals surface area contributed by atoms with Gasteiger partial charge in [0, 0.05) is 17.4 Å². The van der Waals surface area contributed by atoms with Crippen LogP contribution in [0.2, 0.25) is 0 Å². The fourth-order valence-electron chi connectivity index (χ4n) is 10.1. The predicted octanol–water partition coefficient (Wildman–Crippen LogP) is 8.25. The van der Waals surface area contributed by atoms with Crippen molar-refractivity contribution in [3.05, 3.63) is 81.9 Å². The number of ether oxygens (including phenoxy) is 2. The highest BCUT2D eigenvalue weighted by Crippen LogP contribution is 2.70. The molecule has 0 radical (unpaired) electrons. The van der Waals surface area contributed by atoms with Crippen molar-refractivity contribution in [3.8, 4) is 0 Å². The van der Waals surface area contributed by atoms with Gasteiger partial charge in [0.05, 0.1) is 30.0 Å². The Morgan fingerprint density at radius 3 is 2.37 bits per heavy atom. The number of esters is 1. The second-order valence-corrected chi connectivity index (χ2v) is 17.2. The Hall–Kier alpha value is -3.20. The van der Waals surface area contributed by atoms with Gasteiger partial charge in [-0.15, -0.1) is 0 Å². The van der Waals surface area contributed by atoms with Crippen molar-refractivity contribution in [1.29, 1.82) is 0 Å². The highest BCUT2D eigenvalue weighted by molar-refractivity contribution is 6.06. The van der Waals surface area contributed by atoms with Crippen LogP contribution in [0, 0.1) is 33.5 Å². The Labute approximate surface area is 304 Å². The number of hydrogen-bond donors (Lipinski definition) is 4. The number of carbonyl (C=O) groups is 2. The zero-order valence-electron chi connectivity index (χ0n) is 32.0. The largest absolute Gasteiger partial charge is 0.512 e. The van der Waals surface area contributed by atoms with Crippen molar-refractivity contribution in [1.82, 2.24) is 0 Å². The normalized spacial score (nSPS) is 39.6. The first-order valence-corrected chi connectivity index (χ1v) is 18.7. The third kappa shape index (κ3) is 7.00. The third-order valence-corrected chi connectivity index (χ3v) is 13.9. The van der Waals surface area contributed by atoms with Gasteiger partial charge in [0.1, 0.15) is 12.7 Å². The quantitative estimate of drug-likeness (QED) is 0.128. The summed E-state index contributed by atoms with van der Waals surface area (Å²) in [5, 5.41) is 39.4. The molecule has 0 amide bonds. The summed E-state index contributed by atoms with van der Waals surface area (Å²) < 4.78 is 11.3. The minimum absolute atomic E-state index is 0.00253. The molecule has 0 bridgehead atoms. The van der Waals surface area contributed by atoms with Crippen LogP contribution in [0.15, 0.2) is 81.9 Å². The lowest BCUT2D eigenvalue weighted by Crippen LogP contribution is -2.57. The van der Waals surface area contributed by atoms with Gasteiger partial charge >= 0.3 is 5.97 Å². The lowest BCUT2D eigenvalue weighted by atomic mass is 9.39. The van der Waals surface area contributed by atoms with Gasteiger partial charge in [-0.2, -0.15) is 0 Å². The van der Waals surface area contributed by atoms with Gasteiger partial charge in [-0.1, -0.05) is 57.2 Å². The van der Waals surface area contributed by atoms with Crippen LogP contribution in [0.1, 0.15) is 107 Å². The van der Waals surface area contributed by atoms with Crippen LogP contribution in [0.4, 0.5) is 0 Å². The number of aliphatic hydroxyl groups excluding tert-OH is 4. The number of fused-ring (bicyclic) bond motifs is 7. The Balaban J connectivity index is 0.000000442. The molecular formula is C43H60O8. The Morgan fingerprint density at radius 1 is 1.04 bits per heavy atom. The van der Waals surface area contributed by atoms with E-state index in [-0.39, 0.29) is 53.4 Å². The highest BCUT2D eigenvalue weighted by Gasteiger charge is 2.62. The molecule has 280 valence electrons. The van der Waals surface area contributed by atoms with E-state index in [1.165, 1.54) is 5.57 Å². The molecule has 1 saturated heterocycles. The molecule has 3 saturated carbocycles. The Morgan fingerprint density at radius 2 is 1.73 bits per heavy atom. The molecule has 8 unspecified atom stereocenters. The van der Waals surface area contributed by atoms with Gasteiger partial charge < -0.3 is 29.9 Å². The van der Waals surface area contributed by atoms with Crippen molar-refractivity contribution in [2.24, 2.45) is 33.5 Å². The molecule has 1 heterocycles. The van der Waals surface area contributed by atoms with Gasteiger partial charge in [-0.05, 0) is 131 Å². The van der Waals surface area contributed by atoms with Crippen molar-refractivity contribution < 1.29 is 39.5 Å². The second kappa shape index (κ2) is 14.3. The van der Waals surface area contributed by atoms with Crippen LogP contribution in [0.3, 0.4) is 0 Å². The highest BCUT2D eigenvalue weighted by atomic mass is 16.6. The van der Waals surface area contributed by atoms with Crippen LogP contribution in [-0.4, -0.2) is 63.7 Å². The smallest absolute Gasteiger partial charge is 0.311 e. The van der Waals surface area contributed by atoms with Gasteiger partial charge in [-0.3, -0.25) is 9.59 Å². The standard InChI is InChI=1S/C34H46O7.C9H14O/c1-19-21-6-7-28-33(4,23(21)15-26(37)29(19)38)9-8-22-24-16-32(3,11-10-31(24,2)12-13-34(22,28)5)30(39)41-18-27-25(36)14-20(35)17-40-27;1-5-6-7(2)8(3)9(4)10/h6-7,15,20,22,24-25,27,35-36,38H,8-14,16-18H2,1-5H3;5-6,10H,1H2,2-4H3/b;7-6+,9-8+/t20?,22?,24?,25?,27-,31?,32?,33?,34?;/m1./s1. The summed E-state index contributed by atoms with van der Waals surface area (Å²) in [5.74, 6) is 0.483. The molecular weight excluding hydrogens is 644 g/mol. The van der Waals surface area contributed by atoms with Crippen molar-refractivity contribution in [2.45, 2.75) is 125 Å². The third-order valence-electron chi connectivity index (χ3n) is 13.9. The molecule has 9 atom stereocenters. The fraction of sp³-hybridized carbons (Fsp3) is 0.628. The molecule has 0 aromatic carbocycles. The molecule has 0 spiro atoms. The zero-order valence-corrected chi connectivity index (χ0v) is 32.0. The fourth-order valence-corrected chi connectivity index (χ4v) is 10.1. The van der Waals surface area contributed by atoms with E-state index in [9.17, 15) is 24.9 Å². The monoisotopic (exact) mass is 704 g/mol. The topological polar surface area (TPSA) is 134 Å². The SMILES string of the molecule is C=C/C=C(C)/C(C)=C(\C)O.CC1=C(O)C(=O)C=C2C1=CC=C1C2(C)CCC2C3CC(C)(C(=O)OC[C@H]4OCC(O)CC4O)CCC3(C)CCC12C. The zero-order chi connectivity index (χ0) is 37.7. The Bertz CT molecular complexity index is 1640. The first kappa shape index (κ1) is 39.0. The number of hydrogen-bond acceptors (Lipinski definition) is 8. The number of allylic oxidation sites excluding steroid dienone is 12. The van der Waals surface area contributed by atoms with Crippen molar-refractivity contribution in [2.75, 3.05) is 13.2 Å². The molecule has 0 aromatic rings. The van der Waals surface area contributed by atoms with Gasteiger partial charge in [0.2, 0.25) is 5.78 Å². The van der Waals surface area contributed by atoms with E-state index in [4.69, 9.17) is 14.6 Å². The average molecular weight is 705 g/mol. The minimum atomic E-state index is -0.847. The maximum absolute atomic E-state index is 13.6. The summed E-state index contributed by atoms with van der Waals surface area (Å²) in [4.78, 5) is 26.3. The van der Waals surface area contributed by atoms with Gasteiger partial charge in [0.15, 0.2) is 5.76 Å². The van der Waals surface area contributed by atoms with Crippen molar-refractivity contribution in [3.63, 3.8) is 0 Å². The summed E-state index contributed by atoms with van der Waals surface area (Å²) in [5.41, 5.74) is 5.29. The van der Waals surface area contributed by atoms with Crippen LogP contribution < -0.4 is 0 Å². The van der Waals surface area contributed by atoms with E-state index in [0.29, 0.717) is 23.2 Å². The molecule has 51 heavy (non-hydrogen) atoms. The average Bonchev–Trinajstić information content (AvgIpc) is 3.07. The predicted molar refractivity (Wildman–Crippen MR) is 199 cm³/mol. The summed E-state index contributed by atoms with van der Waals surface area (Å²) in [6.07, 6.45) is 14.4. The van der Waals surface area contributed by atoms with Crippen molar-refractivity contribution >= 4 is 11.8 Å². The number of carbonyl (C=O) groups excluding carboxylic acids is 2. The molecule has 4 N–H and O–H groups in total. The summed E-state index contributed by atoms with van der Waals surface area (Å²) in [6.45, 7) is 20.2. The maximum atomic E-state index is 13.6. The van der Waals surface area contributed by atoms with E-state index in [0.717, 1.165) is 67.2 Å². The molecule has 5 aliphatic carbocycles. The molecule has 8 heteroatoms. The summed E-state index contributed by atoms with van der Waals surface area (Å²) in [6, 6.07) is 0. The number of ketones is 1. The van der Waals surface area contributed by atoms with Crippen LogP contribution in [0.25, 0.3) is 0 Å². The molecule has 8 nitrogen and oxygen atoms in total. The van der Waals surface area contributed by atoms with Crippen LogP contribution in [-0.2, 0) is 19.1 Å². The molecule has 1 aliphatic heterocycles. The van der Waals surface area contributed by atoms with Gasteiger partial charge in [-0.25, -0.2) is 0 Å². The lowest BCUT2D eigenvalue weighted by Gasteiger charge is -2.64. The second-order valence-electron chi connectivity index (χ2n) is 17.2. The maximum Gasteiger partial charge on any atom is 0.311 e. The summed E-state index contributed by atoms with van der Waals surface area (Å²) >= 11 is 0. The van der Waals surface area contributed by atoms with Gasteiger partial charge in [0.25, 0.3) is 0 Å². The number of rotatable bonds is 5. The minimum Gasteiger partial charge on any atom is -0.512 e. The van der Waals surface area contributed by atoms with E-state index in [2.05, 4.69) is 39.5 Å².